The summed E-state index contributed by atoms with van der Waals surface area (Å²) in [6.45, 7) is 10.1. The fraction of sp³-hybridized carbons (Fsp3) is 1.00. The summed E-state index contributed by atoms with van der Waals surface area (Å²) < 4.78 is 62.4. The van der Waals surface area contributed by atoms with E-state index in [1.165, 1.54) is 6.92 Å². The largest absolute Gasteiger partial charge is 0.394 e. The second-order valence-electron chi connectivity index (χ2n) is 23.9. The Balaban J connectivity index is 0.881. The van der Waals surface area contributed by atoms with Gasteiger partial charge in [0.15, 0.2) is 30.9 Å². The first-order valence-corrected chi connectivity index (χ1v) is 26.6. The van der Waals surface area contributed by atoms with Gasteiger partial charge < -0.3 is 104 Å². The van der Waals surface area contributed by atoms with Gasteiger partial charge in [-0.3, -0.25) is 0 Å². The first-order chi connectivity index (χ1) is 33.7. The predicted molar refractivity (Wildman–Crippen MR) is 241 cm³/mol. The van der Waals surface area contributed by atoms with E-state index in [4.69, 9.17) is 47.4 Å². The summed E-state index contributed by atoms with van der Waals surface area (Å²) in [5.74, 6) is 2.80. The van der Waals surface area contributed by atoms with Crippen LogP contribution in [-0.4, -0.2) is 217 Å². The lowest BCUT2D eigenvalue weighted by molar-refractivity contribution is -0.392. The minimum atomic E-state index is -1.88. The first-order valence-electron chi connectivity index (χ1n) is 26.6. The van der Waals surface area contributed by atoms with Gasteiger partial charge in [0.05, 0.1) is 44.7 Å². The molecule has 408 valence electrons. The normalized spacial score (nSPS) is 58.5. The predicted octanol–water partition coefficient (Wildman–Crippen LogP) is -1.24. The second-order valence-corrected chi connectivity index (χ2v) is 23.9. The minimum Gasteiger partial charge on any atom is -0.394 e. The van der Waals surface area contributed by atoms with Gasteiger partial charge in [0, 0.05) is 12.3 Å². The van der Waals surface area contributed by atoms with Crippen LogP contribution in [0.15, 0.2) is 0 Å². The number of hydrogen-bond acceptors (Lipinski definition) is 21. The lowest BCUT2D eigenvalue weighted by Gasteiger charge is -2.61. The van der Waals surface area contributed by atoms with Crippen LogP contribution in [0.4, 0.5) is 0 Å². The maximum atomic E-state index is 12.4. The van der Waals surface area contributed by atoms with Gasteiger partial charge in [-0.2, -0.15) is 0 Å². The Morgan fingerprint density at radius 1 is 0.563 bits per heavy atom. The quantitative estimate of drug-likeness (QED) is 0.114. The van der Waals surface area contributed by atoms with Crippen molar-refractivity contribution in [3.8, 4) is 0 Å². The van der Waals surface area contributed by atoms with Crippen LogP contribution in [0.2, 0.25) is 0 Å². The Morgan fingerprint density at radius 2 is 1.25 bits per heavy atom. The van der Waals surface area contributed by atoms with E-state index in [9.17, 15) is 56.2 Å². The number of ether oxygens (including phenoxy) is 10. The molecule has 4 aliphatic carbocycles. The summed E-state index contributed by atoms with van der Waals surface area (Å²) in [7, 11) is 0. The van der Waals surface area contributed by atoms with Gasteiger partial charge in [0.2, 0.25) is 0 Å². The van der Waals surface area contributed by atoms with Gasteiger partial charge >= 0.3 is 0 Å². The fourth-order valence-electron chi connectivity index (χ4n) is 15.7. The molecule has 0 aromatic rings. The van der Waals surface area contributed by atoms with E-state index in [-0.39, 0.29) is 22.9 Å². The van der Waals surface area contributed by atoms with Gasteiger partial charge in [0.25, 0.3) is 0 Å². The average Bonchev–Trinajstić information content (AvgIpc) is 3.80. The molecule has 10 aliphatic rings. The summed E-state index contributed by atoms with van der Waals surface area (Å²) >= 11 is 0. The smallest absolute Gasteiger partial charge is 0.187 e. The monoisotopic (exact) mass is 1020 g/mol. The van der Waals surface area contributed by atoms with E-state index >= 15 is 0 Å². The number of hydrogen-bond donors (Lipinski definition) is 11. The van der Waals surface area contributed by atoms with Crippen molar-refractivity contribution in [1.29, 1.82) is 0 Å². The molecule has 21 nitrogen and oxygen atoms in total. The highest BCUT2D eigenvalue weighted by atomic mass is 16.8. The number of rotatable bonds is 10. The van der Waals surface area contributed by atoms with Crippen molar-refractivity contribution in [2.75, 3.05) is 26.4 Å². The van der Waals surface area contributed by atoms with Crippen LogP contribution in [0.3, 0.4) is 0 Å². The Labute approximate surface area is 414 Å². The van der Waals surface area contributed by atoms with Crippen molar-refractivity contribution in [2.24, 2.45) is 52.3 Å². The SMILES string of the molecule is C[C@H]1CC[C@@]2(OC1)O[C@H]1C[C@H]3[C@@H]4CC[C@@H]5C[C@@H](O[C@@H]6O[C@H](CO[C@H]7O[C@H](C)[C@@H](O)[C@H](O)[C@@H]7O)[C@@H](O[C@@H]7OC[C@@H](O)[C@H](O)[C@H]7O)[C@H](O)[C@H]6O[C@H]6O[C@H](CO)[C@@H](O)[C@H](O)[C@H]6O)CC[C@]5(C)[C@H]4CC[C@]3(C)[C@H]1[C@@H]2C. The molecule has 6 saturated heterocycles. The van der Waals surface area contributed by atoms with Gasteiger partial charge in [0.1, 0.15) is 85.5 Å². The van der Waals surface area contributed by atoms with Gasteiger partial charge in [-0.1, -0.05) is 27.7 Å². The molecule has 31 atom stereocenters. The molecule has 4 saturated carbocycles. The number of aliphatic hydroxyl groups excluding tert-OH is 11. The Kier molecular flexibility index (Phi) is 15.5. The lowest BCUT2D eigenvalue weighted by atomic mass is 9.44. The van der Waals surface area contributed by atoms with Crippen molar-refractivity contribution >= 4 is 0 Å². The van der Waals surface area contributed by atoms with Crippen molar-refractivity contribution in [3.63, 3.8) is 0 Å². The molecule has 0 radical (unpaired) electrons. The van der Waals surface area contributed by atoms with Crippen LogP contribution in [0.5, 0.6) is 0 Å². The molecular weight excluding hydrogens is 937 g/mol. The van der Waals surface area contributed by atoms with E-state index in [1.807, 2.05) is 0 Å². The maximum Gasteiger partial charge on any atom is 0.187 e. The topological polar surface area (TPSA) is 315 Å². The highest BCUT2D eigenvalue weighted by Crippen LogP contribution is 2.71. The Bertz CT molecular complexity index is 1810. The highest BCUT2D eigenvalue weighted by Gasteiger charge is 2.69. The molecule has 0 bridgehead atoms. The van der Waals surface area contributed by atoms with Crippen LogP contribution in [0.1, 0.15) is 98.8 Å². The standard InChI is InChI=1S/C50H82O21/c1-20-8-13-50(64-17-20)21(2)32-29(71-50)15-27-25-7-6-23-14-24(9-11-48(23,4)26(25)10-12-49(27,32)5)66-47-43(70-46-40(60)37(57)35(55)30(16-51)67-46)41(61)42(69-45-38(58)34(54)28(52)18-62-45)31(68-47)19-63-44-39(59)36(56)33(53)22(3)65-44/h20-47,51-61H,6-19H2,1-5H3/t20-,21-,22+,23+,24-,25+,26-,27-,28+,29-,30+,31+,32-,33+,34-,35+,36-,37-,38+,39-,40+,41-,42+,43+,44-,45-,46+,47+,48-,49-,50+/m0/s1. The third kappa shape index (κ3) is 9.30. The summed E-state index contributed by atoms with van der Waals surface area (Å²) in [6.07, 6.45) is -20.7. The van der Waals surface area contributed by atoms with Crippen LogP contribution in [0.25, 0.3) is 0 Å². The number of fused-ring (bicyclic) bond motifs is 7. The molecule has 71 heavy (non-hydrogen) atoms. The zero-order valence-corrected chi connectivity index (χ0v) is 41.6. The van der Waals surface area contributed by atoms with E-state index in [0.717, 1.165) is 58.0 Å². The molecule has 0 unspecified atom stereocenters. The van der Waals surface area contributed by atoms with Crippen LogP contribution < -0.4 is 0 Å². The third-order valence-corrected chi connectivity index (χ3v) is 19.9. The molecule has 6 heterocycles. The van der Waals surface area contributed by atoms with Gasteiger partial charge in [-0.05, 0) is 111 Å². The average molecular weight is 1020 g/mol. The van der Waals surface area contributed by atoms with Gasteiger partial charge in [-0.25, -0.2) is 0 Å². The van der Waals surface area contributed by atoms with E-state index in [1.54, 1.807) is 0 Å². The zero-order valence-electron chi connectivity index (χ0n) is 41.6. The van der Waals surface area contributed by atoms with Crippen molar-refractivity contribution in [2.45, 2.75) is 234 Å². The molecule has 0 amide bonds. The van der Waals surface area contributed by atoms with Crippen LogP contribution in [-0.2, 0) is 47.4 Å². The number of aliphatic hydroxyl groups is 11. The van der Waals surface area contributed by atoms with Crippen molar-refractivity contribution in [1.82, 2.24) is 0 Å². The molecule has 10 rings (SSSR count). The first kappa shape index (κ1) is 53.6. The van der Waals surface area contributed by atoms with E-state index in [0.29, 0.717) is 48.3 Å². The fourth-order valence-corrected chi connectivity index (χ4v) is 15.7. The zero-order chi connectivity index (χ0) is 50.6. The van der Waals surface area contributed by atoms with E-state index in [2.05, 4.69) is 27.7 Å². The van der Waals surface area contributed by atoms with Crippen molar-refractivity contribution in [3.05, 3.63) is 0 Å². The summed E-state index contributed by atoms with van der Waals surface area (Å²) in [6, 6.07) is 0. The molecule has 10 fully saturated rings. The summed E-state index contributed by atoms with van der Waals surface area (Å²) in [5.41, 5.74) is 0.200. The third-order valence-electron chi connectivity index (χ3n) is 19.9. The molecule has 21 heteroatoms. The summed E-state index contributed by atoms with van der Waals surface area (Å²) in [5, 5.41) is 118. The molecule has 0 aromatic heterocycles. The second kappa shape index (κ2) is 20.5. The van der Waals surface area contributed by atoms with Crippen LogP contribution >= 0.6 is 0 Å². The minimum absolute atomic E-state index is 0.0294. The van der Waals surface area contributed by atoms with E-state index < -0.39 is 148 Å². The van der Waals surface area contributed by atoms with Crippen molar-refractivity contribution < 1.29 is 104 Å². The van der Waals surface area contributed by atoms with Crippen LogP contribution in [0, 0.1) is 52.3 Å². The lowest BCUT2D eigenvalue weighted by Crippen LogP contribution is -2.67. The highest BCUT2D eigenvalue weighted by molar-refractivity contribution is 5.15. The summed E-state index contributed by atoms with van der Waals surface area (Å²) in [4.78, 5) is 0. The molecule has 1 spiro atoms. The van der Waals surface area contributed by atoms with Gasteiger partial charge in [-0.15, -0.1) is 0 Å². The Morgan fingerprint density at radius 3 is 1.99 bits per heavy atom. The molecule has 6 aliphatic heterocycles. The molecular formula is C50H82O21. The molecule has 11 N–H and O–H groups in total. The maximum absolute atomic E-state index is 12.4. The molecule has 0 aromatic carbocycles. The Hall–Kier alpha value is -0.840.